The highest BCUT2D eigenvalue weighted by molar-refractivity contribution is 7.89. The summed E-state index contributed by atoms with van der Waals surface area (Å²) in [5, 5.41) is 2.57. The van der Waals surface area contributed by atoms with Gasteiger partial charge in [0.1, 0.15) is 0 Å². The third-order valence-electron chi connectivity index (χ3n) is 6.72. The minimum atomic E-state index is -3.63. The first kappa shape index (κ1) is 28.2. The van der Waals surface area contributed by atoms with Crippen LogP contribution in [0.5, 0.6) is 0 Å². The summed E-state index contributed by atoms with van der Waals surface area (Å²) < 4.78 is 59.3. The zero-order chi connectivity index (χ0) is 27.2. The normalized spacial score (nSPS) is 17.9. The molecule has 1 N–H and O–H groups in total. The van der Waals surface area contributed by atoms with E-state index in [1.807, 2.05) is 0 Å². The maximum absolute atomic E-state index is 12.9. The Labute approximate surface area is 224 Å². The van der Waals surface area contributed by atoms with Gasteiger partial charge in [0.05, 0.1) is 15.4 Å². The molecule has 0 saturated carbocycles. The minimum absolute atomic E-state index is 0.111. The van der Waals surface area contributed by atoms with E-state index in [9.17, 15) is 26.4 Å². The Morgan fingerprint density at radius 2 is 1.08 bits per heavy atom. The Balaban J connectivity index is 1.29. The van der Waals surface area contributed by atoms with Crippen molar-refractivity contribution in [2.45, 2.75) is 54.7 Å². The molecular formula is C26H33N3O7S2. The number of ether oxygens (including phenoxy) is 1. The van der Waals surface area contributed by atoms with Crippen molar-refractivity contribution in [2.24, 2.45) is 0 Å². The van der Waals surface area contributed by atoms with Crippen LogP contribution in [0.15, 0.2) is 58.3 Å². The van der Waals surface area contributed by atoms with Crippen LogP contribution in [-0.2, 0) is 29.6 Å². The van der Waals surface area contributed by atoms with Crippen LogP contribution in [0, 0.1) is 0 Å². The summed E-state index contributed by atoms with van der Waals surface area (Å²) in [6.45, 7) is 1.42. The van der Waals surface area contributed by atoms with Gasteiger partial charge < -0.3 is 10.1 Å². The van der Waals surface area contributed by atoms with Crippen LogP contribution < -0.4 is 5.32 Å². The molecule has 0 unspecified atom stereocenters. The maximum atomic E-state index is 12.9. The van der Waals surface area contributed by atoms with E-state index in [4.69, 9.17) is 4.74 Å². The minimum Gasteiger partial charge on any atom is -0.452 e. The van der Waals surface area contributed by atoms with E-state index in [1.165, 1.54) is 57.1 Å². The van der Waals surface area contributed by atoms with E-state index >= 15 is 0 Å². The highest BCUT2D eigenvalue weighted by Gasteiger charge is 2.27. The lowest BCUT2D eigenvalue weighted by molar-refractivity contribution is -0.119. The molecule has 12 heteroatoms. The molecule has 4 rings (SSSR count). The summed E-state index contributed by atoms with van der Waals surface area (Å²) in [7, 11) is -7.20. The number of carbonyl (C=O) groups is 2. The van der Waals surface area contributed by atoms with Gasteiger partial charge in [0.2, 0.25) is 20.0 Å². The second-order valence-electron chi connectivity index (χ2n) is 9.46. The second-order valence-corrected chi connectivity index (χ2v) is 13.3. The van der Waals surface area contributed by atoms with Crippen LogP contribution in [0.3, 0.4) is 0 Å². The monoisotopic (exact) mass is 563 g/mol. The van der Waals surface area contributed by atoms with Crippen molar-refractivity contribution >= 4 is 37.6 Å². The highest BCUT2D eigenvalue weighted by Crippen LogP contribution is 2.23. The summed E-state index contributed by atoms with van der Waals surface area (Å²) in [6.07, 6.45) is 6.38. The molecule has 10 nitrogen and oxygen atoms in total. The van der Waals surface area contributed by atoms with E-state index in [0.29, 0.717) is 31.9 Å². The molecule has 2 saturated heterocycles. The largest absolute Gasteiger partial charge is 0.452 e. The van der Waals surface area contributed by atoms with Crippen molar-refractivity contribution in [1.82, 2.24) is 8.61 Å². The molecule has 0 atom stereocenters. The highest BCUT2D eigenvalue weighted by atomic mass is 32.2. The SMILES string of the molecule is O=C(COC(=O)c1ccc(S(=O)(=O)N2CCCCCC2)cc1)Nc1ccc(S(=O)(=O)N2CCCCC2)cc1. The molecule has 0 spiro atoms. The van der Waals surface area contributed by atoms with E-state index in [-0.39, 0.29) is 15.4 Å². The molecule has 1 amide bonds. The fourth-order valence-corrected chi connectivity index (χ4v) is 7.60. The molecule has 206 valence electrons. The number of nitrogens with zero attached hydrogens (tertiary/aromatic N) is 2. The average Bonchev–Trinajstić information content (AvgIpc) is 3.23. The van der Waals surface area contributed by atoms with Crippen molar-refractivity contribution in [2.75, 3.05) is 38.1 Å². The molecule has 2 aromatic carbocycles. The molecule has 2 aliphatic rings. The van der Waals surface area contributed by atoms with Gasteiger partial charge in [-0.2, -0.15) is 8.61 Å². The zero-order valence-corrected chi connectivity index (χ0v) is 22.8. The van der Waals surface area contributed by atoms with Gasteiger partial charge in [-0.3, -0.25) is 4.79 Å². The van der Waals surface area contributed by atoms with Crippen molar-refractivity contribution in [3.8, 4) is 0 Å². The Bertz CT molecular complexity index is 1330. The van der Waals surface area contributed by atoms with E-state index in [1.54, 1.807) is 0 Å². The number of hydrogen-bond donors (Lipinski definition) is 1. The lowest BCUT2D eigenvalue weighted by Crippen LogP contribution is -2.35. The number of esters is 1. The van der Waals surface area contributed by atoms with E-state index < -0.39 is 38.5 Å². The number of rotatable bonds is 8. The van der Waals surface area contributed by atoms with Gasteiger partial charge in [0.15, 0.2) is 6.61 Å². The van der Waals surface area contributed by atoms with Gasteiger partial charge in [0, 0.05) is 31.9 Å². The Hall–Kier alpha value is -2.80. The first-order valence-corrected chi connectivity index (χ1v) is 15.7. The molecule has 0 aliphatic carbocycles. The van der Waals surface area contributed by atoms with Gasteiger partial charge in [-0.05, 0) is 74.2 Å². The number of sulfonamides is 2. The Morgan fingerprint density at radius 3 is 1.55 bits per heavy atom. The van der Waals surface area contributed by atoms with E-state index in [2.05, 4.69) is 5.32 Å². The fourth-order valence-electron chi connectivity index (χ4n) is 4.57. The molecular weight excluding hydrogens is 530 g/mol. The summed E-state index contributed by atoms with van der Waals surface area (Å²) in [5.41, 5.74) is 0.492. The number of amides is 1. The number of piperidine rings is 1. The van der Waals surface area contributed by atoms with Gasteiger partial charge in [0.25, 0.3) is 5.91 Å². The van der Waals surface area contributed by atoms with Gasteiger partial charge in [-0.25, -0.2) is 21.6 Å². The molecule has 2 aliphatic heterocycles. The Kier molecular flexibility index (Phi) is 9.19. The van der Waals surface area contributed by atoms with Crippen LogP contribution in [0.1, 0.15) is 55.3 Å². The zero-order valence-electron chi connectivity index (χ0n) is 21.2. The van der Waals surface area contributed by atoms with Crippen molar-refractivity contribution in [1.29, 1.82) is 0 Å². The number of anilines is 1. The lowest BCUT2D eigenvalue weighted by Gasteiger charge is -2.25. The van der Waals surface area contributed by atoms with Crippen LogP contribution in [-0.4, -0.2) is 70.1 Å². The smallest absolute Gasteiger partial charge is 0.338 e. The van der Waals surface area contributed by atoms with Crippen molar-refractivity contribution in [3.63, 3.8) is 0 Å². The summed E-state index contributed by atoms with van der Waals surface area (Å²) in [6, 6.07) is 11.3. The first-order chi connectivity index (χ1) is 18.2. The fraction of sp³-hybridized carbons (Fsp3) is 0.462. The third-order valence-corrected chi connectivity index (χ3v) is 10.5. The predicted octanol–water partition coefficient (Wildman–Crippen LogP) is 3.22. The van der Waals surface area contributed by atoms with E-state index in [0.717, 1.165) is 44.9 Å². The van der Waals surface area contributed by atoms with Gasteiger partial charge in [-0.1, -0.05) is 19.3 Å². The van der Waals surface area contributed by atoms with Crippen LogP contribution in [0.25, 0.3) is 0 Å². The second kappa shape index (κ2) is 12.4. The van der Waals surface area contributed by atoms with Crippen LogP contribution in [0.2, 0.25) is 0 Å². The van der Waals surface area contributed by atoms with Crippen LogP contribution >= 0.6 is 0 Å². The number of hydrogen-bond acceptors (Lipinski definition) is 7. The quantitative estimate of drug-likeness (QED) is 0.488. The molecule has 2 heterocycles. The lowest BCUT2D eigenvalue weighted by atomic mass is 10.2. The number of carbonyl (C=O) groups excluding carboxylic acids is 2. The third kappa shape index (κ3) is 6.79. The molecule has 0 aromatic heterocycles. The van der Waals surface area contributed by atoms with Crippen molar-refractivity contribution < 1.29 is 31.2 Å². The summed E-state index contributed by atoms with van der Waals surface area (Å²) in [5.74, 6) is -1.35. The predicted molar refractivity (Wildman–Crippen MR) is 142 cm³/mol. The summed E-state index contributed by atoms with van der Waals surface area (Å²) in [4.78, 5) is 24.9. The Morgan fingerprint density at radius 1 is 0.658 bits per heavy atom. The van der Waals surface area contributed by atoms with Crippen molar-refractivity contribution in [3.05, 3.63) is 54.1 Å². The molecule has 2 aromatic rings. The molecule has 38 heavy (non-hydrogen) atoms. The maximum Gasteiger partial charge on any atom is 0.338 e. The average molecular weight is 564 g/mol. The topological polar surface area (TPSA) is 130 Å². The number of benzene rings is 2. The van der Waals surface area contributed by atoms with Gasteiger partial charge >= 0.3 is 5.97 Å². The standard InChI is InChI=1S/C26H33N3O7S2/c30-25(27-22-10-14-24(15-11-22)38(34,35)29-18-6-3-7-19-29)20-36-26(31)21-8-12-23(13-9-21)37(32,33)28-16-4-1-2-5-17-28/h8-15H,1-7,16-20H2,(H,27,30). The van der Waals surface area contributed by atoms with Gasteiger partial charge in [-0.15, -0.1) is 0 Å². The molecule has 2 fully saturated rings. The molecule has 0 radical (unpaired) electrons. The molecule has 0 bridgehead atoms. The van der Waals surface area contributed by atoms with Crippen LogP contribution in [0.4, 0.5) is 5.69 Å². The number of nitrogens with one attached hydrogen (secondary N) is 1. The first-order valence-electron chi connectivity index (χ1n) is 12.9. The summed E-state index contributed by atoms with van der Waals surface area (Å²) >= 11 is 0.